The third-order valence-electron chi connectivity index (χ3n) is 2.38. The van der Waals surface area contributed by atoms with Gasteiger partial charge in [0, 0.05) is 35.7 Å². The zero-order valence-electron chi connectivity index (χ0n) is 10.6. The number of rotatable bonds is 2. The third kappa shape index (κ3) is 2.83. The van der Waals surface area contributed by atoms with Crippen molar-refractivity contribution in [2.75, 3.05) is 5.73 Å². The fraction of sp³-hybridized carbons (Fsp3) is 0.231. The summed E-state index contributed by atoms with van der Waals surface area (Å²) in [7, 11) is 1.52. The molecule has 0 atom stereocenters. The Kier molecular flexibility index (Phi) is 5.52. The van der Waals surface area contributed by atoms with Crippen molar-refractivity contribution in [2.24, 2.45) is 0 Å². The Bertz CT molecular complexity index is 578. The van der Waals surface area contributed by atoms with Crippen molar-refractivity contribution >= 4 is 52.5 Å². The van der Waals surface area contributed by atoms with Gasteiger partial charge in [0.1, 0.15) is 5.82 Å². The molecule has 0 fully saturated rings. The first kappa shape index (κ1) is 15.4. The van der Waals surface area contributed by atoms with Gasteiger partial charge in [-0.05, 0) is 30.7 Å². The van der Waals surface area contributed by atoms with Crippen LogP contribution >= 0.6 is 30.3 Å². The lowest BCUT2D eigenvalue weighted by molar-refractivity contribution is 0.634. The first-order chi connectivity index (χ1) is 8.54. The molecule has 2 rings (SSSR count). The molecule has 98 valence electrons. The minimum atomic E-state index is -0.378. The molecule has 0 bridgehead atoms. The molecule has 5 heteroatoms. The Morgan fingerprint density at radius 1 is 1.39 bits per heavy atom. The fourth-order valence-electron chi connectivity index (χ4n) is 1.59. The molecule has 0 spiro atoms. The number of nitrogens with two attached hydrogens (primary N) is 1. The molecule has 2 N–H and O–H groups in total. The number of hydrogen-bond acceptors (Lipinski definition) is 2. The van der Waals surface area contributed by atoms with Gasteiger partial charge < -0.3 is 5.73 Å². The van der Waals surface area contributed by atoms with E-state index in [4.69, 9.17) is 5.73 Å². The van der Waals surface area contributed by atoms with Crippen molar-refractivity contribution in [3.05, 3.63) is 36.3 Å². The third-order valence-corrected chi connectivity index (χ3v) is 4.10. The van der Waals surface area contributed by atoms with Crippen molar-refractivity contribution in [3.63, 3.8) is 0 Å². The van der Waals surface area contributed by atoms with E-state index in [1.165, 1.54) is 15.2 Å². The highest BCUT2D eigenvalue weighted by molar-refractivity contribution is 14.2. The lowest BCUT2D eigenvalue weighted by atomic mass is 10.2. The number of aromatic nitrogens is 1. The van der Waals surface area contributed by atoms with E-state index in [9.17, 15) is 4.39 Å². The maximum Gasteiger partial charge on any atom is 0.146 e. The monoisotopic (exact) mass is 378 g/mol. The summed E-state index contributed by atoms with van der Waals surface area (Å²) in [6, 6.07) is 5.04. The van der Waals surface area contributed by atoms with E-state index < -0.39 is 0 Å². The first-order valence-electron chi connectivity index (χ1n) is 5.60. The zero-order chi connectivity index (χ0) is 13.9. The van der Waals surface area contributed by atoms with Crippen LogP contribution in [0.5, 0.6) is 0 Å². The predicted octanol–water partition coefficient (Wildman–Crippen LogP) is 5.27. The molecule has 2 nitrogen and oxygen atoms in total. The number of halogens is 2. The van der Waals surface area contributed by atoms with Crippen LogP contribution in [0.4, 0.5) is 10.1 Å². The normalized spacial score (nSPS) is 10.1. The van der Waals surface area contributed by atoms with Gasteiger partial charge in [-0.15, -0.1) is 0 Å². The van der Waals surface area contributed by atoms with Gasteiger partial charge in [0.2, 0.25) is 0 Å². The molecule has 2 aromatic rings. The summed E-state index contributed by atoms with van der Waals surface area (Å²) >= 11 is 2.18. The molecule has 0 aliphatic heterocycles. The van der Waals surface area contributed by atoms with Crippen LogP contribution in [0.15, 0.2) is 24.8 Å². The molecular weight excluding hydrogens is 362 g/mol. The predicted molar refractivity (Wildman–Crippen MR) is 89.4 cm³/mol. The van der Waals surface area contributed by atoms with E-state index in [1.54, 1.807) is 6.07 Å². The Labute approximate surface area is 123 Å². The Morgan fingerprint density at radius 3 is 2.50 bits per heavy atom. The van der Waals surface area contributed by atoms with E-state index >= 15 is 0 Å². The Balaban J connectivity index is 0.000000771. The molecule has 0 aliphatic carbocycles. The number of nitrogens with zero attached hydrogens (tertiary/aromatic N) is 1. The molecule has 0 unspecified atom stereocenters. The summed E-state index contributed by atoms with van der Waals surface area (Å²) < 4.78 is 15.3. The van der Waals surface area contributed by atoms with Crippen LogP contribution in [-0.4, -0.2) is 3.97 Å². The molecule has 0 saturated heterocycles. The summed E-state index contributed by atoms with van der Waals surface area (Å²) in [5.41, 5.74) is 8.59. The average molecular weight is 378 g/mol. The van der Waals surface area contributed by atoms with Crippen LogP contribution in [0.2, 0.25) is 0 Å². The molecule has 0 aliphatic rings. The van der Waals surface area contributed by atoms with Gasteiger partial charge in [0.15, 0.2) is 0 Å². The van der Waals surface area contributed by atoms with Crippen LogP contribution in [-0.2, 0) is 0 Å². The van der Waals surface area contributed by atoms with Crippen molar-refractivity contribution in [1.29, 1.82) is 0 Å². The quantitative estimate of drug-likeness (QED) is 0.570. The zero-order valence-corrected chi connectivity index (χ0v) is 13.6. The number of allylic oxidation sites excluding steroid dienone is 1. The van der Waals surface area contributed by atoms with Gasteiger partial charge in [-0.3, -0.25) is 3.97 Å². The van der Waals surface area contributed by atoms with Gasteiger partial charge in [-0.1, -0.05) is 20.4 Å². The maximum atomic E-state index is 13.3. The van der Waals surface area contributed by atoms with Gasteiger partial charge in [0.05, 0.1) is 16.9 Å². The molecule has 0 amide bonds. The highest BCUT2D eigenvalue weighted by Crippen LogP contribution is 2.33. The van der Waals surface area contributed by atoms with Crippen molar-refractivity contribution in [3.8, 4) is 0 Å². The Hall–Kier alpha value is -0.690. The van der Waals surface area contributed by atoms with Gasteiger partial charge in [0.25, 0.3) is 0 Å². The van der Waals surface area contributed by atoms with E-state index in [0.29, 0.717) is 0 Å². The number of anilines is 1. The molecule has 18 heavy (non-hydrogen) atoms. The van der Waals surface area contributed by atoms with E-state index in [0.717, 1.165) is 22.2 Å². The lowest BCUT2D eigenvalue weighted by Crippen LogP contribution is -1.92. The summed E-state index contributed by atoms with van der Waals surface area (Å²) in [5, 5.41) is 0.842. The first-order valence-corrected chi connectivity index (χ1v) is 8.91. The van der Waals surface area contributed by atoms with Crippen LogP contribution in [0, 0.1) is 5.82 Å². The minimum absolute atomic E-state index is 0.172. The standard InChI is InChI=1S/C11H10FIN2S.C2H6/c1-6(2)10-4-7-3-8(12)9(14)5-11(7)15(10)16-13;1-2/h3-5H,1,14H2,2H3;1-2H3. The van der Waals surface area contributed by atoms with Crippen LogP contribution < -0.4 is 5.73 Å². The molecule has 0 radical (unpaired) electrons. The van der Waals surface area contributed by atoms with E-state index in [-0.39, 0.29) is 11.5 Å². The number of nitrogen functional groups attached to an aromatic ring is 1. The molecule has 1 heterocycles. The topological polar surface area (TPSA) is 30.9 Å². The second-order valence-corrected chi connectivity index (χ2v) is 5.29. The van der Waals surface area contributed by atoms with Crippen molar-refractivity contribution < 1.29 is 4.39 Å². The van der Waals surface area contributed by atoms with Gasteiger partial charge in [-0.2, -0.15) is 0 Å². The molecular formula is C13H16FIN2S. The number of fused-ring (bicyclic) bond motifs is 1. The number of benzene rings is 1. The summed E-state index contributed by atoms with van der Waals surface area (Å²) in [4.78, 5) is 0. The molecule has 1 aromatic carbocycles. The summed E-state index contributed by atoms with van der Waals surface area (Å²) in [5.74, 6) is -0.378. The smallest absolute Gasteiger partial charge is 0.146 e. The summed E-state index contributed by atoms with van der Waals surface area (Å²) in [6.07, 6.45) is 0. The highest BCUT2D eigenvalue weighted by Gasteiger charge is 2.11. The molecule has 0 saturated carbocycles. The van der Waals surface area contributed by atoms with Crippen molar-refractivity contribution in [2.45, 2.75) is 20.8 Å². The minimum Gasteiger partial charge on any atom is -0.396 e. The Morgan fingerprint density at radius 2 is 2.00 bits per heavy atom. The van der Waals surface area contributed by atoms with Gasteiger partial charge in [-0.25, -0.2) is 4.39 Å². The summed E-state index contributed by atoms with van der Waals surface area (Å²) in [6.45, 7) is 9.84. The largest absolute Gasteiger partial charge is 0.396 e. The fourth-order valence-corrected chi connectivity index (χ4v) is 3.38. The highest BCUT2D eigenvalue weighted by atomic mass is 127. The number of hydrogen-bond donors (Lipinski definition) is 1. The van der Waals surface area contributed by atoms with Crippen LogP contribution in [0.25, 0.3) is 16.5 Å². The molecule has 1 aromatic heterocycles. The van der Waals surface area contributed by atoms with Crippen LogP contribution in [0.1, 0.15) is 26.5 Å². The second-order valence-electron chi connectivity index (χ2n) is 3.61. The van der Waals surface area contributed by atoms with Gasteiger partial charge >= 0.3 is 0 Å². The van der Waals surface area contributed by atoms with E-state index in [1.807, 2.05) is 30.8 Å². The van der Waals surface area contributed by atoms with Crippen molar-refractivity contribution in [1.82, 2.24) is 3.97 Å². The average Bonchev–Trinajstić information content (AvgIpc) is 2.70. The van der Waals surface area contributed by atoms with Crippen LogP contribution in [0.3, 0.4) is 0 Å². The lowest BCUT2D eigenvalue weighted by Gasteiger charge is -2.05. The second kappa shape index (κ2) is 6.47. The van der Waals surface area contributed by atoms with E-state index in [2.05, 4.69) is 27.8 Å². The maximum absolute atomic E-state index is 13.3. The SMILES string of the molecule is C=C(C)c1cc2cc(F)c(N)cc2n1SI.CC.